The molecule has 112 valence electrons. The first-order chi connectivity index (χ1) is 9.45. The zero-order valence-corrected chi connectivity index (χ0v) is 11.3. The van der Waals surface area contributed by atoms with E-state index >= 15 is 0 Å². The first-order valence-corrected chi connectivity index (χ1v) is 7.00. The Morgan fingerprint density at radius 1 is 1.05 bits per heavy atom. The van der Waals surface area contributed by atoms with Crippen LogP contribution in [0.2, 0.25) is 0 Å². The summed E-state index contributed by atoms with van der Waals surface area (Å²) >= 11 is 0. The molecule has 0 spiro atoms. The first-order valence-electron chi connectivity index (χ1n) is 7.00. The third-order valence-corrected chi connectivity index (χ3v) is 3.86. The summed E-state index contributed by atoms with van der Waals surface area (Å²) in [6.07, 6.45) is -0.683. The molecule has 0 heterocycles. The van der Waals surface area contributed by atoms with E-state index < -0.39 is 11.7 Å². The quantitative estimate of drug-likeness (QED) is 0.890. The molecule has 1 aliphatic carbocycles. The predicted octanol–water partition coefficient (Wildman–Crippen LogP) is 3.35. The van der Waals surface area contributed by atoms with Crippen molar-refractivity contribution in [2.24, 2.45) is 5.92 Å². The Bertz CT molecular complexity index is 408. The van der Waals surface area contributed by atoms with Gasteiger partial charge in [-0.1, -0.05) is 12.1 Å². The highest BCUT2D eigenvalue weighted by atomic mass is 19.4. The van der Waals surface area contributed by atoms with E-state index in [4.69, 9.17) is 0 Å². The van der Waals surface area contributed by atoms with Crippen molar-refractivity contribution in [1.29, 1.82) is 0 Å². The molecule has 0 unspecified atom stereocenters. The highest BCUT2D eigenvalue weighted by Gasteiger charge is 2.29. The Morgan fingerprint density at radius 2 is 1.65 bits per heavy atom. The molecule has 1 aromatic carbocycles. The molecule has 5 heteroatoms. The molecule has 1 saturated carbocycles. The minimum absolute atomic E-state index is 0.152. The van der Waals surface area contributed by atoms with Gasteiger partial charge in [0.15, 0.2) is 0 Å². The summed E-state index contributed by atoms with van der Waals surface area (Å²) in [7, 11) is 0. The van der Waals surface area contributed by atoms with Gasteiger partial charge in [-0.15, -0.1) is 0 Å². The molecular weight excluding hydrogens is 267 g/mol. The number of hydrogen-bond donors (Lipinski definition) is 2. The number of alkyl halides is 3. The number of halogens is 3. The SMILES string of the molecule is OC1CCC(CNCc2ccc(C(F)(F)F)cc2)CC1. The Balaban J connectivity index is 1.74. The van der Waals surface area contributed by atoms with Gasteiger partial charge >= 0.3 is 6.18 Å². The van der Waals surface area contributed by atoms with Crippen molar-refractivity contribution >= 4 is 0 Å². The lowest BCUT2D eigenvalue weighted by Crippen LogP contribution is -2.27. The van der Waals surface area contributed by atoms with E-state index in [0.717, 1.165) is 49.9 Å². The lowest BCUT2D eigenvalue weighted by Gasteiger charge is -2.25. The van der Waals surface area contributed by atoms with Gasteiger partial charge in [0.1, 0.15) is 0 Å². The molecular formula is C15H20F3NO. The lowest BCUT2D eigenvalue weighted by atomic mass is 9.87. The van der Waals surface area contributed by atoms with Gasteiger partial charge in [-0.25, -0.2) is 0 Å². The van der Waals surface area contributed by atoms with Gasteiger partial charge in [-0.2, -0.15) is 13.2 Å². The fourth-order valence-electron chi connectivity index (χ4n) is 2.58. The number of nitrogens with one attached hydrogen (secondary N) is 1. The largest absolute Gasteiger partial charge is 0.416 e. The van der Waals surface area contributed by atoms with E-state index in [2.05, 4.69) is 5.32 Å². The molecule has 2 N–H and O–H groups in total. The van der Waals surface area contributed by atoms with Gasteiger partial charge in [0.2, 0.25) is 0 Å². The van der Waals surface area contributed by atoms with E-state index in [1.54, 1.807) is 0 Å². The van der Waals surface area contributed by atoms with E-state index in [9.17, 15) is 18.3 Å². The van der Waals surface area contributed by atoms with Crippen LogP contribution in [0, 0.1) is 5.92 Å². The molecule has 0 radical (unpaired) electrons. The van der Waals surface area contributed by atoms with Crippen LogP contribution in [0.4, 0.5) is 13.2 Å². The Morgan fingerprint density at radius 3 is 2.20 bits per heavy atom. The predicted molar refractivity (Wildman–Crippen MR) is 71.1 cm³/mol. The van der Waals surface area contributed by atoms with Gasteiger partial charge < -0.3 is 10.4 Å². The summed E-state index contributed by atoms with van der Waals surface area (Å²) in [4.78, 5) is 0. The normalized spacial score (nSPS) is 23.8. The topological polar surface area (TPSA) is 32.3 Å². The van der Waals surface area contributed by atoms with Crippen LogP contribution in [0.3, 0.4) is 0 Å². The summed E-state index contributed by atoms with van der Waals surface area (Å²) in [5, 5.41) is 12.7. The number of aliphatic hydroxyl groups is 1. The monoisotopic (exact) mass is 287 g/mol. The van der Waals surface area contributed by atoms with Crippen LogP contribution in [-0.4, -0.2) is 17.8 Å². The fraction of sp³-hybridized carbons (Fsp3) is 0.600. The van der Waals surface area contributed by atoms with Gasteiger partial charge in [0, 0.05) is 6.54 Å². The second-order valence-corrected chi connectivity index (χ2v) is 5.50. The van der Waals surface area contributed by atoms with Crippen LogP contribution in [0.5, 0.6) is 0 Å². The Labute approximate surface area is 117 Å². The van der Waals surface area contributed by atoms with Crippen molar-refractivity contribution in [3.8, 4) is 0 Å². The maximum Gasteiger partial charge on any atom is 0.416 e. The number of hydrogen-bond acceptors (Lipinski definition) is 2. The molecule has 0 atom stereocenters. The van der Waals surface area contributed by atoms with Crippen LogP contribution < -0.4 is 5.32 Å². The van der Waals surface area contributed by atoms with E-state index in [-0.39, 0.29) is 6.10 Å². The maximum absolute atomic E-state index is 12.4. The Kier molecular flexibility index (Phi) is 5.05. The molecule has 2 nitrogen and oxygen atoms in total. The van der Waals surface area contributed by atoms with Crippen LogP contribution in [-0.2, 0) is 12.7 Å². The summed E-state index contributed by atoms with van der Waals surface area (Å²) in [6, 6.07) is 5.27. The third kappa shape index (κ3) is 4.49. The van der Waals surface area contributed by atoms with Crippen LogP contribution in [0.15, 0.2) is 24.3 Å². The molecule has 0 amide bonds. The minimum atomic E-state index is -4.27. The highest BCUT2D eigenvalue weighted by molar-refractivity contribution is 5.24. The molecule has 0 aliphatic heterocycles. The summed E-state index contributed by atoms with van der Waals surface area (Å²) in [5.41, 5.74) is 0.247. The van der Waals surface area contributed by atoms with Gasteiger partial charge in [0.05, 0.1) is 11.7 Å². The molecule has 1 aliphatic rings. The summed E-state index contributed by atoms with van der Waals surface area (Å²) < 4.78 is 37.2. The van der Waals surface area contributed by atoms with Crippen molar-refractivity contribution in [2.45, 2.75) is 44.5 Å². The zero-order chi connectivity index (χ0) is 14.6. The second kappa shape index (κ2) is 6.59. The average Bonchev–Trinajstić information content (AvgIpc) is 2.41. The first kappa shape index (κ1) is 15.3. The highest BCUT2D eigenvalue weighted by Crippen LogP contribution is 2.29. The van der Waals surface area contributed by atoms with Gasteiger partial charge in [-0.3, -0.25) is 0 Å². The summed E-state index contributed by atoms with van der Waals surface area (Å²) in [6.45, 7) is 1.44. The van der Waals surface area contributed by atoms with Crippen LogP contribution in [0.1, 0.15) is 36.8 Å². The van der Waals surface area contributed by atoms with Gasteiger partial charge in [0.25, 0.3) is 0 Å². The molecule has 1 aromatic rings. The molecule has 2 rings (SSSR count). The van der Waals surface area contributed by atoms with Crippen molar-refractivity contribution in [3.05, 3.63) is 35.4 Å². The minimum Gasteiger partial charge on any atom is -0.393 e. The second-order valence-electron chi connectivity index (χ2n) is 5.50. The fourth-order valence-corrected chi connectivity index (χ4v) is 2.58. The van der Waals surface area contributed by atoms with Crippen molar-refractivity contribution in [2.75, 3.05) is 6.54 Å². The molecule has 0 bridgehead atoms. The standard InChI is InChI=1S/C15H20F3NO/c16-15(17,18)13-5-1-11(2-6-13)9-19-10-12-3-7-14(20)8-4-12/h1-2,5-6,12,14,19-20H,3-4,7-10H2. The van der Waals surface area contributed by atoms with Gasteiger partial charge in [-0.05, 0) is 55.8 Å². The smallest absolute Gasteiger partial charge is 0.393 e. The number of benzene rings is 1. The van der Waals surface area contributed by atoms with Crippen LogP contribution >= 0.6 is 0 Å². The molecule has 20 heavy (non-hydrogen) atoms. The number of rotatable bonds is 4. The van der Waals surface area contributed by atoms with E-state index in [1.807, 2.05) is 0 Å². The molecule has 0 aromatic heterocycles. The van der Waals surface area contributed by atoms with E-state index in [1.165, 1.54) is 12.1 Å². The zero-order valence-electron chi connectivity index (χ0n) is 11.3. The molecule has 0 saturated heterocycles. The lowest BCUT2D eigenvalue weighted by molar-refractivity contribution is -0.137. The Hall–Kier alpha value is -1.07. The maximum atomic E-state index is 12.4. The van der Waals surface area contributed by atoms with Crippen LogP contribution in [0.25, 0.3) is 0 Å². The summed E-state index contributed by atoms with van der Waals surface area (Å²) in [5.74, 6) is 0.563. The van der Waals surface area contributed by atoms with E-state index in [0.29, 0.717) is 12.5 Å². The van der Waals surface area contributed by atoms with Crippen molar-refractivity contribution < 1.29 is 18.3 Å². The number of aliphatic hydroxyl groups excluding tert-OH is 1. The third-order valence-electron chi connectivity index (χ3n) is 3.86. The van der Waals surface area contributed by atoms with Crippen molar-refractivity contribution in [1.82, 2.24) is 5.32 Å². The molecule has 1 fully saturated rings. The van der Waals surface area contributed by atoms with Crippen molar-refractivity contribution in [3.63, 3.8) is 0 Å². The average molecular weight is 287 g/mol.